The summed E-state index contributed by atoms with van der Waals surface area (Å²) in [5.74, 6) is 0. The molecular weight excluding hydrogens is 264 g/mol. The number of unbranched alkanes of at least 4 members (excludes halogenated alkanes) is 3. The molecule has 8 heteroatoms. The van der Waals surface area contributed by atoms with Gasteiger partial charge < -0.3 is 11.5 Å². The van der Waals surface area contributed by atoms with E-state index in [-0.39, 0.29) is 0 Å². The summed E-state index contributed by atoms with van der Waals surface area (Å²) in [6.45, 7) is 7.67. The lowest BCUT2D eigenvalue weighted by Gasteiger charge is -1.93. The molecule has 0 rings (SSSR count). The fourth-order valence-electron chi connectivity index (χ4n) is 1.01. The van der Waals surface area contributed by atoms with Gasteiger partial charge in [-0.15, -0.1) is 22.7 Å². The van der Waals surface area contributed by atoms with Gasteiger partial charge in [0.25, 0.3) is 0 Å². The Morgan fingerprint density at radius 1 is 0.800 bits per heavy atom. The van der Waals surface area contributed by atoms with Gasteiger partial charge in [-0.2, -0.15) is 0 Å². The highest BCUT2D eigenvalue weighted by Crippen LogP contribution is 1.94. The summed E-state index contributed by atoms with van der Waals surface area (Å²) in [5, 5.41) is 18.7. The lowest BCUT2D eigenvalue weighted by molar-refractivity contribution is -0.437. The summed E-state index contributed by atoms with van der Waals surface area (Å²) in [7, 11) is 0. The van der Waals surface area contributed by atoms with E-state index in [4.69, 9.17) is 0 Å². The summed E-state index contributed by atoms with van der Waals surface area (Å²) in [6.07, 6.45) is 6.29. The van der Waals surface area contributed by atoms with Gasteiger partial charge in [-0.1, -0.05) is 26.9 Å². The van der Waals surface area contributed by atoms with Crippen LogP contribution in [0.15, 0.2) is 0 Å². The number of quaternary nitrogens is 2. The molecule has 8 nitrogen and oxygen atoms in total. The Morgan fingerprint density at radius 3 is 1.20 bits per heavy atom. The van der Waals surface area contributed by atoms with Gasteiger partial charge in [-0.05, 0) is 25.7 Å². The predicted octanol–water partition coefficient (Wildman–Crippen LogP) is 0.700. The molecule has 0 unspecified atom stereocenters. The second-order valence-electron chi connectivity index (χ2n) is 3.87. The molecule has 0 aliphatic heterocycles. The molecule has 0 aromatic carbocycles. The molecule has 0 heterocycles. The number of rotatable bonds is 9. The van der Waals surface area contributed by atoms with E-state index in [1.807, 2.05) is 0 Å². The van der Waals surface area contributed by atoms with Gasteiger partial charge in [-0.3, -0.25) is 20.2 Å². The van der Waals surface area contributed by atoms with Crippen molar-refractivity contribution in [3.63, 3.8) is 0 Å². The third-order valence-electron chi connectivity index (χ3n) is 1.91. The molecule has 6 N–H and O–H groups in total. The van der Waals surface area contributed by atoms with Crippen LogP contribution in [0.4, 0.5) is 0 Å². The molecule has 20 heavy (non-hydrogen) atoms. The van der Waals surface area contributed by atoms with Crippen molar-refractivity contribution in [3.05, 3.63) is 33.3 Å². The van der Waals surface area contributed by atoms with Crippen LogP contribution in [-0.2, 0) is 0 Å². The van der Waals surface area contributed by atoms with Gasteiger partial charge >= 0.3 is 0 Å². The van der Waals surface area contributed by atoms with Gasteiger partial charge in [0.2, 0.25) is 0 Å². The van der Waals surface area contributed by atoms with E-state index in [1.54, 1.807) is 13.8 Å². The molecular formula is C12H30N4O4. The van der Waals surface area contributed by atoms with Crippen molar-refractivity contribution in [2.75, 3.05) is 13.1 Å². The minimum atomic E-state index is -0.444. The van der Waals surface area contributed by atoms with Crippen molar-refractivity contribution in [3.8, 4) is 0 Å². The van der Waals surface area contributed by atoms with Crippen LogP contribution >= 0.6 is 0 Å². The SMILES string of the molecule is CC[CH-][N+](=O)[O-].CC[CH-][N+](=O)[O-].[NH3+]CCCCCC[NH3+]. The molecule has 0 atom stereocenters. The maximum absolute atomic E-state index is 9.35. The number of hydrogen-bond donors (Lipinski definition) is 2. The second kappa shape index (κ2) is 22.6. The lowest BCUT2D eigenvalue weighted by Crippen LogP contribution is -2.50. The summed E-state index contributed by atoms with van der Waals surface area (Å²) < 4.78 is 0. The molecule has 0 aromatic heterocycles. The highest BCUT2D eigenvalue weighted by atomic mass is 16.6. The predicted molar refractivity (Wildman–Crippen MR) is 77.1 cm³/mol. The molecule has 0 aliphatic rings. The number of nitro groups is 2. The molecule has 0 aliphatic carbocycles. The molecule has 0 fully saturated rings. The third-order valence-corrected chi connectivity index (χ3v) is 1.91. The average molecular weight is 294 g/mol. The highest BCUT2D eigenvalue weighted by molar-refractivity contribution is 4.39. The van der Waals surface area contributed by atoms with Gasteiger partial charge in [0.05, 0.1) is 13.1 Å². The Bertz CT molecular complexity index is 194. The Kier molecular flexibility index (Phi) is 26.6. The van der Waals surface area contributed by atoms with Crippen LogP contribution < -0.4 is 11.5 Å². The first-order valence-electron chi connectivity index (χ1n) is 6.98. The van der Waals surface area contributed by atoms with Crippen molar-refractivity contribution in [2.24, 2.45) is 0 Å². The van der Waals surface area contributed by atoms with E-state index in [0.29, 0.717) is 12.8 Å². The molecule has 0 amide bonds. The summed E-state index contributed by atoms with van der Waals surface area (Å²) >= 11 is 0. The Balaban J connectivity index is -0.000000221. The molecule has 122 valence electrons. The van der Waals surface area contributed by atoms with Crippen LogP contribution in [0, 0.1) is 33.3 Å². The van der Waals surface area contributed by atoms with Gasteiger partial charge in [0.15, 0.2) is 0 Å². The van der Waals surface area contributed by atoms with E-state index >= 15 is 0 Å². The molecule has 0 saturated carbocycles. The Hall–Kier alpha value is -1.54. The van der Waals surface area contributed by atoms with Gasteiger partial charge in [-0.25, -0.2) is 0 Å². The van der Waals surface area contributed by atoms with Crippen LogP contribution in [0.1, 0.15) is 52.4 Å². The van der Waals surface area contributed by atoms with Crippen molar-refractivity contribution < 1.29 is 21.3 Å². The standard InChI is InChI=1S/C6H16N2.2C3H6NO2/c7-5-3-1-2-4-6-8;2*1-2-3-4(5)6/h1-8H2;2*3H,2H2,1H3/q;2*-1/p+2. The molecule has 0 spiro atoms. The fraction of sp³-hybridized carbons (Fsp3) is 0.833. The third kappa shape index (κ3) is 44.0. The summed E-state index contributed by atoms with van der Waals surface area (Å²) in [6, 6.07) is 0. The molecule has 0 radical (unpaired) electrons. The average Bonchev–Trinajstić information content (AvgIpc) is 2.36. The Labute approximate surface area is 121 Å². The topological polar surface area (TPSA) is 142 Å². The lowest BCUT2D eigenvalue weighted by atomic mass is 10.2. The fourth-order valence-corrected chi connectivity index (χ4v) is 1.01. The van der Waals surface area contributed by atoms with E-state index in [1.165, 1.54) is 25.7 Å². The van der Waals surface area contributed by atoms with E-state index < -0.39 is 9.85 Å². The minimum Gasteiger partial charge on any atom is -0.358 e. The Morgan fingerprint density at radius 2 is 1.10 bits per heavy atom. The zero-order valence-corrected chi connectivity index (χ0v) is 12.8. The van der Waals surface area contributed by atoms with Crippen LogP contribution in [0.25, 0.3) is 0 Å². The molecule has 0 saturated heterocycles. The quantitative estimate of drug-likeness (QED) is 0.279. The van der Waals surface area contributed by atoms with E-state index in [2.05, 4.69) is 11.5 Å². The van der Waals surface area contributed by atoms with Crippen LogP contribution in [0.5, 0.6) is 0 Å². The first-order valence-corrected chi connectivity index (χ1v) is 6.98. The first-order chi connectivity index (χ1) is 9.45. The van der Waals surface area contributed by atoms with Gasteiger partial charge in [0.1, 0.15) is 0 Å². The van der Waals surface area contributed by atoms with Gasteiger partial charge in [0, 0.05) is 0 Å². The maximum Gasteiger partial charge on any atom is 0.0739 e. The monoisotopic (exact) mass is 294 g/mol. The highest BCUT2D eigenvalue weighted by Gasteiger charge is 1.86. The second-order valence-corrected chi connectivity index (χ2v) is 3.87. The largest absolute Gasteiger partial charge is 0.358 e. The number of nitrogens with zero attached hydrogens (tertiary/aromatic N) is 2. The van der Waals surface area contributed by atoms with Crippen molar-refractivity contribution >= 4 is 0 Å². The van der Waals surface area contributed by atoms with Crippen molar-refractivity contribution in [1.82, 2.24) is 0 Å². The number of hydrogen-bond acceptors (Lipinski definition) is 4. The van der Waals surface area contributed by atoms with Crippen LogP contribution in [-0.4, -0.2) is 22.9 Å². The van der Waals surface area contributed by atoms with E-state index in [9.17, 15) is 20.2 Å². The smallest absolute Gasteiger partial charge is 0.0739 e. The minimum absolute atomic E-state index is 0.444. The van der Waals surface area contributed by atoms with Crippen molar-refractivity contribution in [2.45, 2.75) is 52.4 Å². The maximum atomic E-state index is 9.35. The molecule has 0 aromatic rings. The summed E-state index contributed by atoms with van der Waals surface area (Å²) in [4.78, 5) is 17.8. The van der Waals surface area contributed by atoms with Crippen LogP contribution in [0.3, 0.4) is 0 Å². The molecule has 0 bridgehead atoms. The normalized spacial score (nSPS) is 8.40. The van der Waals surface area contributed by atoms with Crippen LogP contribution in [0.2, 0.25) is 0 Å². The summed E-state index contributed by atoms with van der Waals surface area (Å²) in [5.41, 5.74) is 7.54. The zero-order chi connectivity index (χ0) is 16.2. The zero-order valence-electron chi connectivity index (χ0n) is 12.8. The first kappa shape index (κ1) is 23.5. The van der Waals surface area contributed by atoms with Crippen molar-refractivity contribution in [1.29, 1.82) is 0 Å². The van der Waals surface area contributed by atoms with E-state index in [0.717, 1.165) is 26.2 Å².